The highest BCUT2D eigenvalue weighted by Gasteiger charge is 2.47. The lowest BCUT2D eigenvalue weighted by molar-refractivity contribution is 1.06. The molecule has 0 heterocycles. The Hall–Kier alpha value is -4.09. The minimum absolute atomic E-state index is 0.598. The van der Waals surface area contributed by atoms with Gasteiger partial charge in [0.1, 0.15) is 28.5 Å². The molecule has 0 unspecified atom stereocenters. The molecule has 0 aromatic heterocycles. The smallest absolute Gasteiger partial charge is 0.144 e. The van der Waals surface area contributed by atoms with Crippen LogP contribution in [0.5, 0.6) is 0 Å². The molecule has 5 aromatic carbocycles. The minimum Gasteiger partial charge on any atom is -0.226 e. The fourth-order valence-corrected chi connectivity index (χ4v) is 9.02. The van der Waals surface area contributed by atoms with Gasteiger partial charge >= 0.3 is 0 Å². The Balaban J connectivity index is 1.58. The zero-order valence-electron chi connectivity index (χ0n) is 21.0. The van der Waals surface area contributed by atoms with Gasteiger partial charge in [-0.15, -0.1) is 0 Å². The fraction of sp³-hybridized carbons (Fsp3) is 0.0882. The van der Waals surface area contributed by atoms with Gasteiger partial charge in [0, 0.05) is 6.54 Å². The Morgan fingerprint density at radius 3 is 1.32 bits per heavy atom. The molecule has 0 aliphatic rings. The van der Waals surface area contributed by atoms with Crippen LogP contribution in [0.1, 0.15) is 12.5 Å². The third-order valence-corrected chi connectivity index (χ3v) is 10.8. The third kappa shape index (κ3) is 5.23. The lowest BCUT2D eigenvalue weighted by Crippen LogP contribution is -2.38. The summed E-state index contributed by atoms with van der Waals surface area (Å²) in [6, 6.07) is 53.5. The van der Waals surface area contributed by atoms with E-state index in [0.717, 1.165) is 5.56 Å². The first-order chi connectivity index (χ1) is 18.3. The van der Waals surface area contributed by atoms with Crippen molar-refractivity contribution < 1.29 is 0 Å². The lowest BCUT2D eigenvalue weighted by Gasteiger charge is -2.27. The van der Waals surface area contributed by atoms with E-state index in [2.05, 4.69) is 156 Å². The van der Waals surface area contributed by atoms with Crippen LogP contribution < -0.4 is 21.2 Å². The van der Waals surface area contributed by atoms with E-state index in [4.69, 9.17) is 0 Å². The fourth-order valence-electron chi connectivity index (χ4n) is 4.78. The Morgan fingerprint density at radius 1 is 0.486 bits per heavy atom. The quantitative estimate of drug-likeness (QED) is 0.169. The van der Waals surface area contributed by atoms with Gasteiger partial charge in [-0.3, -0.25) is 0 Å². The SMILES string of the molecule is CCN=C=NCc1ccc(-c2ccc([P+](c3ccccc3)(c3ccccc3)c3ccccc3)cc2)cc1. The van der Waals surface area contributed by atoms with Crippen molar-refractivity contribution in [3.05, 3.63) is 145 Å². The van der Waals surface area contributed by atoms with Gasteiger partial charge in [0.25, 0.3) is 0 Å². The lowest BCUT2D eigenvalue weighted by atomic mass is 10.0. The van der Waals surface area contributed by atoms with E-state index in [0.29, 0.717) is 13.1 Å². The first-order valence-corrected chi connectivity index (χ1v) is 14.4. The molecule has 0 aliphatic carbocycles. The van der Waals surface area contributed by atoms with E-state index >= 15 is 0 Å². The minimum atomic E-state index is -2.07. The number of rotatable bonds is 8. The highest BCUT2D eigenvalue weighted by atomic mass is 31.2. The van der Waals surface area contributed by atoms with Crippen molar-refractivity contribution in [3.63, 3.8) is 0 Å². The molecule has 0 fully saturated rings. The van der Waals surface area contributed by atoms with Crippen LogP contribution in [0.3, 0.4) is 0 Å². The molecule has 5 aromatic rings. The molecular formula is C34H30N2P+. The molecule has 0 saturated heterocycles. The number of benzene rings is 5. The molecule has 0 spiro atoms. The van der Waals surface area contributed by atoms with Gasteiger partial charge in [0.15, 0.2) is 0 Å². The second-order valence-electron chi connectivity index (χ2n) is 8.81. The van der Waals surface area contributed by atoms with Gasteiger partial charge in [0.2, 0.25) is 0 Å². The van der Waals surface area contributed by atoms with Crippen molar-refractivity contribution in [2.45, 2.75) is 13.5 Å². The maximum atomic E-state index is 4.25. The highest BCUT2D eigenvalue weighted by molar-refractivity contribution is 8.01. The van der Waals surface area contributed by atoms with Gasteiger partial charge in [-0.25, -0.2) is 9.98 Å². The Kier molecular flexibility index (Phi) is 7.82. The molecule has 5 rings (SSSR count). The molecule has 180 valence electrons. The van der Waals surface area contributed by atoms with E-state index in [1.54, 1.807) is 0 Å². The van der Waals surface area contributed by atoms with Crippen LogP contribution in [0.25, 0.3) is 11.1 Å². The van der Waals surface area contributed by atoms with Crippen molar-refractivity contribution in [1.82, 2.24) is 0 Å². The molecule has 0 amide bonds. The highest BCUT2D eigenvalue weighted by Crippen LogP contribution is 2.54. The molecule has 0 bridgehead atoms. The molecule has 0 radical (unpaired) electrons. The van der Waals surface area contributed by atoms with Crippen molar-refractivity contribution in [2.24, 2.45) is 9.98 Å². The number of nitrogens with zero attached hydrogens (tertiary/aromatic N) is 2. The van der Waals surface area contributed by atoms with Crippen LogP contribution in [-0.4, -0.2) is 12.6 Å². The largest absolute Gasteiger partial charge is 0.226 e. The van der Waals surface area contributed by atoms with Crippen molar-refractivity contribution in [1.29, 1.82) is 0 Å². The van der Waals surface area contributed by atoms with Gasteiger partial charge in [-0.2, -0.15) is 0 Å². The number of hydrogen-bond donors (Lipinski definition) is 0. The summed E-state index contributed by atoms with van der Waals surface area (Å²) in [5.74, 6) is 0. The molecular weight excluding hydrogens is 467 g/mol. The molecule has 3 heteroatoms. The average molecular weight is 498 g/mol. The molecule has 2 nitrogen and oxygen atoms in total. The summed E-state index contributed by atoms with van der Waals surface area (Å²) in [5.41, 5.74) is 3.56. The zero-order chi connectivity index (χ0) is 25.3. The first-order valence-electron chi connectivity index (χ1n) is 12.7. The predicted octanol–water partition coefficient (Wildman–Crippen LogP) is 6.67. The van der Waals surface area contributed by atoms with E-state index in [9.17, 15) is 0 Å². The van der Waals surface area contributed by atoms with Gasteiger partial charge in [-0.05, 0) is 72.1 Å². The normalized spacial score (nSPS) is 10.9. The summed E-state index contributed by atoms with van der Waals surface area (Å²) < 4.78 is 0. The van der Waals surface area contributed by atoms with Crippen LogP contribution >= 0.6 is 7.26 Å². The van der Waals surface area contributed by atoms with Gasteiger partial charge in [0.05, 0.1) is 12.6 Å². The average Bonchev–Trinajstić information content (AvgIpc) is 2.98. The summed E-state index contributed by atoms with van der Waals surface area (Å²) in [5, 5.41) is 5.42. The molecule has 0 aliphatic heterocycles. The van der Waals surface area contributed by atoms with Gasteiger partial charge in [-0.1, -0.05) is 91.0 Å². The molecule has 0 saturated carbocycles. The van der Waals surface area contributed by atoms with Gasteiger partial charge < -0.3 is 0 Å². The monoisotopic (exact) mass is 497 g/mol. The zero-order valence-corrected chi connectivity index (χ0v) is 21.9. The van der Waals surface area contributed by atoms with Crippen molar-refractivity contribution in [2.75, 3.05) is 6.54 Å². The van der Waals surface area contributed by atoms with Crippen molar-refractivity contribution in [3.8, 4) is 11.1 Å². The van der Waals surface area contributed by atoms with Crippen LogP contribution in [0.15, 0.2) is 150 Å². The predicted molar refractivity (Wildman–Crippen MR) is 161 cm³/mol. The Bertz CT molecular complexity index is 1370. The van der Waals surface area contributed by atoms with E-state index in [1.807, 2.05) is 6.92 Å². The van der Waals surface area contributed by atoms with Crippen LogP contribution in [-0.2, 0) is 6.54 Å². The third-order valence-electron chi connectivity index (χ3n) is 6.53. The Labute approximate surface area is 220 Å². The topological polar surface area (TPSA) is 24.7 Å². The number of hydrogen-bond acceptors (Lipinski definition) is 2. The molecule has 37 heavy (non-hydrogen) atoms. The summed E-state index contributed by atoms with van der Waals surface area (Å²) >= 11 is 0. The van der Waals surface area contributed by atoms with Crippen molar-refractivity contribution >= 4 is 34.5 Å². The second-order valence-corrected chi connectivity index (χ2v) is 12.2. The van der Waals surface area contributed by atoms with Crippen LogP contribution in [0, 0.1) is 0 Å². The summed E-state index contributed by atoms with van der Waals surface area (Å²) in [4.78, 5) is 8.28. The molecule has 0 N–H and O–H groups in total. The van der Waals surface area contributed by atoms with E-state index in [-0.39, 0.29) is 0 Å². The van der Waals surface area contributed by atoms with E-state index < -0.39 is 7.26 Å². The number of aliphatic imine (C=N–C) groups is 2. The summed E-state index contributed by atoms with van der Waals surface area (Å²) in [6.45, 7) is 3.29. The standard InChI is InChI=1S/C34H30N2P/c1-2-35-27-36-26-28-18-20-29(21-19-28)30-22-24-34(25-23-30)37(31-12-6-3-7-13-31,32-14-8-4-9-15-32)33-16-10-5-11-17-33/h3-25H,2,26H2,1H3/q+1. The maximum Gasteiger partial charge on any atom is 0.144 e. The summed E-state index contributed by atoms with van der Waals surface area (Å²) in [7, 11) is -2.07. The maximum absolute atomic E-state index is 4.25. The molecule has 0 atom stereocenters. The summed E-state index contributed by atoms with van der Waals surface area (Å²) in [6.07, 6.45) is 0. The van der Waals surface area contributed by atoms with Crippen LogP contribution in [0.2, 0.25) is 0 Å². The first kappa shape index (κ1) is 24.6. The van der Waals surface area contributed by atoms with Crippen LogP contribution in [0.4, 0.5) is 0 Å². The van der Waals surface area contributed by atoms with E-state index in [1.165, 1.54) is 32.3 Å². The Morgan fingerprint density at radius 2 is 0.892 bits per heavy atom. The second kappa shape index (κ2) is 11.8.